The number of hydrogen-bond acceptors (Lipinski definition) is 3. The molecule has 0 aromatic heterocycles. The van der Waals surface area contributed by atoms with E-state index in [4.69, 9.17) is 4.74 Å². The van der Waals surface area contributed by atoms with Gasteiger partial charge in [0.15, 0.2) is 11.6 Å². The molecule has 3 rings (SSSR count). The van der Waals surface area contributed by atoms with Crippen molar-refractivity contribution in [1.82, 2.24) is 5.32 Å². The third-order valence-electron chi connectivity index (χ3n) is 4.81. The summed E-state index contributed by atoms with van der Waals surface area (Å²) < 4.78 is 19.0. The van der Waals surface area contributed by atoms with Crippen molar-refractivity contribution < 1.29 is 13.9 Å². The standard InChI is InChI=1S/C16H20FNO2/c1-20-14-4-2-3-11(15(14)17)9-13(19)12-10-16(12)5-7-18-8-6-16/h2-4,12,18H,5-10H2,1H3. The van der Waals surface area contributed by atoms with Crippen LogP contribution in [0.15, 0.2) is 18.2 Å². The number of Topliss-reactive ketones (excluding diaryl/α,β-unsaturated/α-hetero) is 1. The molecule has 1 heterocycles. The van der Waals surface area contributed by atoms with Gasteiger partial charge in [0.1, 0.15) is 5.78 Å². The zero-order chi connectivity index (χ0) is 14.2. The molecule has 0 amide bonds. The fourth-order valence-electron chi connectivity index (χ4n) is 3.44. The minimum Gasteiger partial charge on any atom is -0.494 e. The second-order valence-corrected chi connectivity index (χ2v) is 5.95. The van der Waals surface area contributed by atoms with Gasteiger partial charge in [-0.25, -0.2) is 4.39 Å². The Kier molecular flexibility index (Phi) is 3.50. The number of rotatable bonds is 4. The summed E-state index contributed by atoms with van der Waals surface area (Å²) in [6.07, 6.45) is 3.32. The van der Waals surface area contributed by atoms with E-state index in [1.807, 2.05) is 0 Å². The molecule has 1 aromatic carbocycles. The maximum atomic E-state index is 14.1. The molecule has 0 radical (unpaired) electrons. The molecule has 0 bridgehead atoms. The van der Waals surface area contributed by atoms with E-state index >= 15 is 0 Å². The van der Waals surface area contributed by atoms with E-state index in [1.54, 1.807) is 18.2 Å². The van der Waals surface area contributed by atoms with Crippen molar-refractivity contribution in [3.05, 3.63) is 29.6 Å². The molecular formula is C16H20FNO2. The molecule has 1 aliphatic carbocycles. The van der Waals surface area contributed by atoms with Crippen molar-refractivity contribution in [2.75, 3.05) is 20.2 Å². The van der Waals surface area contributed by atoms with Gasteiger partial charge in [-0.2, -0.15) is 0 Å². The third-order valence-corrected chi connectivity index (χ3v) is 4.81. The summed E-state index contributed by atoms with van der Waals surface area (Å²) in [5.41, 5.74) is 0.669. The van der Waals surface area contributed by atoms with Crippen molar-refractivity contribution in [2.24, 2.45) is 11.3 Å². The summed E-state index contributed by atoms with van der Waals surface area (Å²) in [6.45, 7) is 1.99. The van der Waals surface area contributed by atoms with Crippen LogP contribution in [-0.4, -0.2) is 26.0 Å². The molecule has 20 heavy (non-hydrogen) atoms. The number of ether oxygens (including phenoxy) is 1. The van der Waals surface area contributed by atoms with Gasteiger partial charge in [-0.05, 0) is 49.4 Å². The molecule has 1 aromatic rings. The van der Waals surface area contributed by atoms with Gasteiger partial charge in [-0.15, -0.1) is 0 Å². The zero-order valence-electron chi connectivity index (χ0n) is 11.7. The molecule has 1 unspecified atom stereocenters. The van der Waals surface area contributed by atoms with Crippen molar-refractivity contribution in [1.29, 1.82) is 0 Å². The minimum atomic E-state index is -0.400. The summed E-state index contributed by atoms with van der Waals surface area (Å²) in [6, 6.07) is 4.99. The molecular weight excluding hydrogens is 257 g/mol. The first kappa shape index (κ1) is 13.6. The quantitative estimate of drug-likeness (QED) is 0.918. The molecule has 1 N–H and O–H groups in total. The number of ketones is 1. The van der Waals surface area contributed by atoms with Crippen LogP contribution in [0.25, 0.3) is 0 Å². The summed E-state index contributed by atoms with van der Waals surface area (Å²) in [5, 5.41) is 3.33. The number of benzene rings is 1. The normalized spacial score (nSPS) is 23.6. The minimum absolute atomic E-state index is 0.134. The Labute approximate surface area is 118 Å². The lowest BCUT2D eigenvalue weighted by atomic mass is 9.89. The largest absolute Gasteiger partial charge is 0.494 e. The van der Waals surface area contributed by atoms with Crippen LogP contribution in [0.5, 0.6) is 5.75 Å². The van der Waals surface area contributed by atoms with Crippen LogP contribution in [0.3, 0.4) is 0 Å². The van der Waals surface area contributed by atoms with E-state index < -0.39 is 5.82 Å². The van der Waals surface area contributed by atoms with Crippen LogP contribution in [-0.2, 0) is 11.2 Å². The molecule has 1 saturated heterocycles. The van der Waals surface area contributed by atoms with Crippen LogP contribution < -0.4 is 10.1 Å². The Hall–Kier alpha value is -1.42. The number of carbonyl (C=O) groups excluding carboxylic acids is 1. The van der Waals surface area contributed by atoms with E-state index in [-0.39, 0.29) is 29.3 Å². The number of halogens is 1. The van der Waals surface area contributed by atoms with E-state index in [0.29, 0.717) is 5.56 Å². The topological polar surface area (TPSA) is 38.3 Å². The van der Waals surface area contributed by atoms with Crippen LogP contribution in [0.2, 0.25) is 0 Å². The molecule has 1 aliphatic heterocycles. The predicted molar refractivity (Wildman–Crippen MR) is 74.3 cm³/mol. The fourth-order valence-corrected chi connectivity index (χ4v) is 3.44. The van der Waals surface area contributed by atoms with Crippen LogP contribution >= 0.6 is 0 Å². The number of nitrogens with one attached hydrogen (secondary N) is 1. The van der Waals surface area contributed by atoms with Gasteiger partial charge in [-0.1, -0.05) is 12.1 Å². The second-order valence-electron chi connectivity index (χ2n) is 5.95. The number of methoxy groups -OCH3 is 1. The zero-order valence-corrected chi connectivity index (χ0v) is 11.7. The fraction of sp³-hybridized carbons (Fsp3) is 0.562. The molecule has 2 aliphatic rings. The molecule has 3 nitrogen and oxygen atoms in total. The summed E-state index contributed by atoms with van der Waals surface area (Å²) in [4.78, 5) is 12.4. The number of piperidine rings is 1. The molecule has 2 fully saturated rings. The van der Waals surface area contributed by atoms with Gasteiger partial charge in [0.25, 0.3) is 0 Å². The van der Waals surface area contributed by atoms with Gasteiger partial charge >= 0.3 is 0 Å². The molecule has 1 spiro atoms. The van der Waals surface area contributed by atoms with E-state index in [1.165, 1.54) is 7.11 Å². The van der Waals surface area contributed by atoms with Crippen molar-refractivity contribution in [3.63, 3.8) is 0 Å². The predicted octanol–water partition coefficient (Wildman–Crippen LogP) is 2.34. The first-order valence-corrected chi connectivity index (χ1v) is 7.21. The number of hydrogen-bond donors (Lipinski definition) is 1. The molecule has 1 saturated carbocycles. The Morgan fingerprint density at radius 3 is 2.90 bits per heavy atom. The summed E-state index contributed by atoms with van der Waals surface area (Å²) in [5.74, 6) is 0.125. The molecule has 1 atom stereocenters. The third kappa shape index (κ3) is 2.33. The van der Waals surface area contributed by atoms with Gasteiger partial charge in [-0.3, -0.25) is 4.79 Å². The Morgan fingerprint density at radius 1 is 1.45 bits per heavy atom. The summed E-state index contributed by atoms with van der Waals surface area (Å²) in [7, 11) is 1.44. The second kappa shape index (κ2) is 5.17. The van der Waals surface area contributed by atoms with Crippen molar-refractivity contribution >= 4 is 5.78 Å². The van der Waals surface area contributed by atoms with Crippen LogP contribution in [0.1, 0.15) is 24.8 Å². The lowest BCUT2D eigenvalue weighted by Gasteiger charge is -2.23. The molecule has 108 valence electrons. The Bertz CT molecular complexity index is 523. The van der Waals surface area contributed by atoms with Gasteiger partial charge in [0.05, 0.1) is 7.11 Å². The Morgan fingerprint density at radius 2 is 2.20 bits per heavy atom. The maximum Gasteiger partial charge on any atom is 0.168 e. The van der Waals surface area contributed by atoms with Crippen LogP contribution in [0.4, 0.5) is 4.39 Å². The average molecular weight is 277 g/mol. The van der Waals surface area contributed by atoms with Crippen LogP contribution in [0, 0.1) is 17.2 Å². The Balaban J connectivity index is 1.68. The monoisotopic (exact) mass is 277 g/mol. The van der Waals surface area contributed by atoms with E-state index in [9.17, 15) is 9.18 Å². The van der Waals surface area contributed by atoms with Crippen molar-refractivity contribution in [2.45, 2.75) is 25.7 Å². The molecule has 4 heteroatoms. The lowest BCUT2D eigenvalue weighted by Crippen LogP contribution is -2.31. The first-order chi connectivity index (χ1) is 9.66. The highest BCUT2D eigenvalue weighted by Crippen LogP contribution is 2.59. The van der Waals surface area contributed by atoms with Gasteiger partial charge in [0, 0.05) is 12.3 Å². The smallest absolute Gasteiger partial charge is 0.168 e. The van der Waals surface area contributed by atoms with E-state index in [0.717, 1.165) is 32.4 Å². The highest BCUT2D eigenvalue weighted by atomic mass is 19.1. The average Bonchev–Trinajstić information content (AvgIpc) is 3.15. The highest BCUT2D eigenvalue weighted by Gasteiger charge is 2.56. The first-order valence-electron chi connectivity index (χ1n) is 7.21. The summed E-state index contributed by atoms with van der Waals surface area (Å²) >= 11 is 0. The lowest BCUT2D eigenvalue weighted by molar-refractivity contribution is -0.120. The van der Waals surface area contributed by atoms with Crippen molar-refractivity contribution in [3.8, 4) is 5.75 Å². The van der Waals surface area contributed by atoms with Gasteiger partial charge < -0.3 is 10.1 Å². The maximum absolute atomic E-state index is 14.1. The number of carbonyl (C=O) groups is 1. The highest BCUT2D eigenvalue weighted by molar-refractivity contribution is 5.86. The SMILES string of the molecule is COc1cccc(CC(=O)C2CC23CCNCC3)c1F. The van der Waals surface area contributed by atoms with E-state index in [2.05, 4.69) is 5.32 Å². The van der Waals surface area contributed by atoms with Gasteiger partial charge in [0.2, 0.25) is 0 Å².